The molecule has 0 saturated heterocycles. The minimum atomic E-state index is -3.11. The fourth-order valence-corrected chi connectivity index (χ4v) is 1.99. The van der Waals surface area contributed by atoms with Crippen LogP contribution in [0.5, 0.6) is 0 Å². The van der Waals surface area contributed by atoms with Crippen molar-refractivity contribution in [2.45, 2.75) is 19.4 Å². The van der Waals surface area contributed by atoms with Crippen LogP contribution in [0.15, 0.2) is 18.2 Å². The summed E-state index contributed by atoms with van der Waals surface area (Å²) >= 11 is 0. The van der Waals surface area contributed by atoms with Crippen LogP contribution in [0, 0.1) is 6.92 Å². The predicted octanol–water partition coefficient (Wildman–Crippen LogP) is 0.0905. The van der Waals surface area contributed by atoms with Gasteiger partial charge >= 0.3 is 0 Å². The van der Waals surface area contributed by atoms with Gasteiger partial charge in [-0.15, -0.1) is 0 Å². The van der Waals surface area contributed by atoms with E-state index in [2.05, 4.69) is 10.3 Å². The zero-order valence-electron chi connectivity index (χ0n) is 10.4. The fourth-order valence-electron chi connectivity index (χ4n) is 1.30. The van der Waals surface area contributed by atoms with Gasteiger partial charge in [-0.05, 0) is 25.5 Å². The van der Waals surface area contributed by atoms with Crippen LogP contribution in [0.4, 0.5) is 5.82 Å². The van der Waals surface area contributed by atoms with Gasteiger partial charge < -0.3 is 11.1 Å². The van der Waals surface area contributed by atoms with Crippen molar-refractivity contribution in [1.29, 1.82) is 0 Å². The van der Waals surface area contributed by atoms with Crippen molar-refractivity contribution in [2.24, 2.45) is 5.73 Å². The smallest absolute Gasteiger partial charge is 0.242 e. The molecule has 0 saturated carbocycles. The number of aryl methyl sites for hydroxylation is 1. The Morgan fingerprint density at radius 1 is 1.50 bits per heavy atom. The summed E-state index contributed by atoms with van der Waals surface area (Å²) in [4.78, 5) is 15.8. The Balaban J connectivity index is 2.55. The molecule has 1 aromatic heterocycles. The number of anilines is 1. The highest BCUT2D eigenvalue weighted by Crippen LogP contribution is 2.05. The van der Waals surface area contributed by atoms with E-state index in [0.29, 0.717) is 5.82 Å². The first-order valence-electron chi connectivity index (χ1n) is 5.46. The van der Waals surface area contributed by atoms with Crippen molar-refractivity contribution < 1.29 is 13.2 Å². The van der Waals surface area contributed by atoms with Gasteiger partial charge in [0.1, 0.15) is 15.7 Å². The molecular weight excluding hydrogens is 254 g/mol. The molecule has 18 heavy (non-hydrogen) atoms. The highest BCUT2D eigenvalue weighted by Gasteiger charge is 2.16. The maximum absolute atomic E-state index is 11.7. The summed E-state index contributed by atoms with van der Waals surface area (Å²) in [7, 11) is -3.11. The first-order valence-corrected chi connectivity index (χ1v) is 7.52. The van der Waals surface area contributed by atoms with Crippen molar-refractivity contribution in [3.05, 3.63) is 23.9 Å². The molecule has 6 nitrogen and oxygen atoms in total. The van der Waals surface area contributed by atoms with Crippen molar-refractivity contribution in [2.75, 3.05) is 17.3 Å². The Kier molecular flexibility index (Phi) is 4.80. The van der Waals surface area contributed by atoms with Crippen LogP contribution in [0.1, 0.15) is 12.1 Å². The predicted molar refractivity (Wildman–Crippen MR) is 69.9 cm³/mol. The molecule has 0 aliphatic carbocycles. The summed E-state index contributed by atoms with van der Waals surface area (Å²) in [5.74, 6) is -0.130. The quantitative estimate of drug-likeness (QED) is 0.790. The van der Waals surface area contributed by atoms with Crippen molar-refractivity contribution in [3.8, 4) is 0 Å². The van der Waals surface area contributed by atoms with E-state index in [0.717, 1.165) is 11.9 Å². The molecule has 0 aliphatic heterocycles. The number of sulfone groups is 1. The number of carbonyl (C=O) groups is 1. The molecule has 0 aromatic carbocycles. The lowest BCUT2D eigenvalue weighted by Crippen LogP contribution is -2.37. The molecule has 1 heterocycles. The number of hydrogen-bond acceptors (Lipinski definition) is 5. The maximum atomic E-state index is 11.7. The van der Waals surface area contributed by atoms with Gasteiger partial charge in [0, 0.05) is 11.9 Å². The maximum Gasteiger partial charge on any atom is 0.242 e. The third kappa shape index (κ3) is 5.24. The summed E-state index contributed by atoms with van der Waals surface area (Å²) in [6.45, 7) is 1.80. The molecule has 1 atom stereocenters. The number of hydrogen-bond donors (Lipinski definition) is 2. The van der Waals surface area contributed by atoms with Crippen LogP contribution in [0.3, 0.4) is 0 Å². The molecule has 7 heteroatoms. The molecule has 1 amide bonds. The van der Waals surface area contributed by atoms with E-state index < -0.39 is 21.8 Å². The van der Waals surface area contributed by atoms with E-state index >= 15 is 0 Å². The number of aromatic nitrogens is 1. The molecule has 0 bridgehead atoms. The molecule has 0 radical (unpaired) electrons. The summed E-state index contributed by atoms with van der Waals surface area (Å²) in [5, 5.41) is 2.55. The third-order valence-electron chi connectivity index (χ3n) is 2.28. The molecule has 3 N–H and O–H groups in total. The number of carbonyl (C=O) groups excluding carboxylic acids is 1. The van der Waals surface area contributed by atoms with Gasteiger partial charge in [0.25, 0.3) is 0 Å². The monoisotopic (exact) mass is 271 g/mol. The second-order valence-electron chi connectivity index (χ2n) is 4.18. The Morgan fingerprint density at radius 3 is 2.72 bits per heavy atom. The summed E-state index contributed by atoms with van der Waals surface area (Å²) in [5.41, 5.74) is 6.38. The number of nitrogens with two attached hydrogens (primary N) is 1. The number of rotatable bonds is 5. The van der Waals surface area contributed by atoms with Crippen LogP contribution in [-0.4, -0.2) is 37.4 Å². The Hall–Kier alpha value is -1.47. The van der Waals surface area contributed by atoms with Crippen molar-refractivity contribution in [3.63, 3.8) is 0 Å². The van der Waals surface area contributed by atoms with Crippen LogP contribution in [0.25, 0.3) is 0 Å². The van der Waals surface area contributed by atoms with E-state index in [-0.39, 0.29) is 12.2 Å². The minimum Gasteiger partial charge on any atom is -0.320 e. The lowest BCUT2D eigenvalue weighted by atomic mass is 10.2. The van der Waals surface area contributed by atoms with Gasteiger partial charge in [0.05, 0.1) is 11.8 Å². The topological polar surface area (TPSA) is 102 Å². The van der Waals surface area contributed by atoms with E-state index in [1.807, 2.05) is 0 Å². The van der Waals surface area contributed by atoms with Crippen molar-refractivity contribution >= 4 is 21.6 Å². The van der Waals surface area contributed by atoms with Crippen LogP contribution in [-0.2, 0) is 14.6 Å². The fraction of sp³-hybridized carbons (Fsp3) is 0.455. The summed E-state index contributed by atoms with van der Waals surface area (Å²) < 4.78 is 21.9. The molecule has 0 spiro atoms. The van der Waals surface area contributed by atoms with Crippen molar-refractivity contribution in [1.82, 2.24) is 4.98 Å². The van der Waals surface area contributed by atoms with Gasteiger partial charge in [-0.2, -0.15) is 0 Å². The normalized spacial score (nSPS) is 13.1. The number of nitrogens with zero attached hydrogens (tertiary/aromatic N) is 1. The van der Waals surface area contributed by atoms with Gasteiger partial charge in [0.15, 0.2) is 0 Å². The van der Waals surface area contributed by atoms with Gasteiger partial charge in [0.2, 0.25) is 5.91 Å². The van der Waals surface area contributed by atoms with Crippen LogP contribution >= 0.6 is 0 Å². The van der Waals surface area contributed by atoms with E-state index in [1.165, 1.54) is 0 Å². The second-order valence-corrected chi connectivity index (χ2v) is 6.44. The third-order valence-corrected chi connectivity index (χ3v) is 3.25. The Morgan fingerprint density at radius 2 is 2.17 bits per heavy atom. The van der Waals surface area contributed by atoms with E-state index in [9.17, 15) is 13.2 Å². The SMILES string of the molecule is Cc1cccc(NC(=O)[C@@H](N)CCS(C)(=O)=O)n1. The molecule has 0 aliphatic rings. The standard InChI is InChI=1S/C11H17N3O3S/c1-8-4-3-5-10(13-8)14-11(15)9(12)6-7-18(2,16)17/h3-5,9H,6-7,12H2,1-2H3,(H,13,14,15)/t9-/m0/s1. The van der Waals surface area contributed by atoms with Crippen LogP contribution < -0.4 is 11.1 Å². The lowest BCUT2D eigenvalue weighted by molar-refractivity contribution is -0.117. The largest absolute Gasteiger partial charge is 0.320 e. The number of amides is 1. The average molecular weight is 271 g/mol. The first-order chi connectivity index (χ1) is 8.28. The van der Waals surface area contributed by atoms with Gasteiger partial charge in [-0.3, -0.25) is 4.79 Å². The number of nitrogens with one attached hydrogen (secondary N) is 1. The molecule has 1 rings (SSSR count). The van der Waals surface area contributed by atoms with Gasteiger partial charge in [-0.1, -0.05) is 6.07 Å². The Bertz CT molecular complexity index is 528. The van der Waals surface area contributed by atoms with E-state index in [1.54, 1.807) is 25.1 Å². The van der Waals surface area contributed by atoms with Crippen LogP contribution in [0.2, 0.25) is 0 Å². The average Bonchev–Trinajstić information content (AvgIpc) is 2.24. The second kappa shape index (κ2) is 5.92. The zero-order valence-corrected chi connectivity index (χ0v) is 11.2. The number of pyridine rings is 1. The molecule has 0 fully saturated rings. The minimum absolute atomic E-state index is 0.0937. The highest BCUT2D eigenvalue weighted by molar-refractivity contribution is 7.90. The highest BCUT2D eigenvalue weighted by atomic mass is 32.2. The van der Waals surface area contributed by atoms with Gasteiger partial charge in [-0.25, -0.2) is 13.4 Å². The summed E-state index contributed by atoms with van der Waals surface area (Å²) in [6, 6.07) is 4.36. The zero-order chi connectivity index (χ0) is 13.8. The molecule has 100 valence electrons. The lowest BCUT2D eigenvalue weighted by Gasteiger charge is -2.11. The Labute approximate surface area is 107 Å². The molecule has 0 unspecified atom stereocenters. The first kappa shape index (κ1) is 14.6. The summed E-state index contributed by atoms with van der Waals surface area (Å²) in [6.07, 6.45) is 1.20. The molecular formula is C11H17N3O3S. The molecule has 1 aromatic rings. The van der Waals surface area contributed by atoms with E-state index in [4.69, 9.17) is 5.73 Å².